The van der Waals surface area contributed by atoms with E-state index < -0.39 is 32.3 Å². The van der Waals surface area contributed by atoms with Gasteiger partial charge >= 0.3 is 0 Å². The third-order valence-corrected chi connectivity index (χ3v) is 8.09. The molecule has 0 N–H and O–H groups in total. The molecule has 0 aliphatic heterocycles. The van der Waals surface area contributed by atoms with Crippen molar-refractivity contribution in [2.45, 2.75) is 72.4 Å². The van der Waals surface area contributed by atoms with Crippen LogP contribution in [0, 0.1) is 32.7 Å². The Kier molecular flexibility index (Phi) is 7.09. The first-order valence-electron chi connectivity index (χ1n) is 21.1. The molecule has 7 aromatic rings. The summed E-state index contributed by atoms with van der Waals surface area (Å²) in [5.74, 6) is 0. The number of aromatic nitrogens is 3. The average Bonchev–Trinajstić information content (AvgIpc) is 3.55. The molecule has 4 nitrogen and oxygen atoms in total. The van der Waals surface area contributed by atoms with Crippen molar-refractivity contribution in [2.24, 2.45) is 0 Å². The maximum absolute atomic E-state index is 9.27. The molecule has 0 bridgehead atoms. The van der Waals surface area contributed by atoms with E-state index in [9.17, 15) is 2.74 Å². The molecule has 0 aliphatic rings. The van der Waals surface area contributed by atoms with Crippen molar-refractivity contribution in [1.82, 2.24) is 15.0 Å². The van der Waals surface area contributed by atoms with Crippen LogP contribution in [0.15, 0.2) is 108 Å². The first kappa shape index (κ1) is 23.8. The molecule has 0 amide bonds. The predicted molar refractivity (Wildman–Crippen MR) is 198 cm³/mol. The Morgan fingerprint density at radius 3 is 2.27 bits per heavy atom. The van der Waals surface area contributed by atoms with Crippen LogP contribution >= 0.6 is 0 Å². The summed E-state index contributed by atoms with van der Waals surface area (Å²) in [5, 5.41) is 1.29. The van der Waals surface area contributed by atoms with Crippen LogP contribution in [0.4, 0.5) is 0 Å². The summed E-state index contributed by atoms with van der Waals surface area (Å²) in [6.45, 7) is 2.62. The van der Waals surface area contributed by atoms with E-state index in [1.165, 1.54) is 18.5 Å². The normalized spacial score (nSPS) is 16.0. The van der Waals surface area contributed by atoms with Crippen LogP contribution in [0.25, 0.3) is 44.6 Å². The van der Waals surface area contributed by atoms with E-state index in [1.807, 2.05) is 30.3 Å². The molecule has 0 aliphatic carbocycles. The van der Waals surface area contributed by atoms with Crippen LogP contribution in [-0.4, -0.2) is 15.0 Å². The smallest absolute Gasteiger partial charge is 0.216 e. The first-order chi connectivity index (χ1) is 27.3. The van der Waals surface area contributed by atoms with Crippen molar-refractivity contribution >= 4 is 22.1 Å². The Bertz CT molecular complexity index is 2590. The molecule has 0 saturated heterocycles. The second-order valence-electron chi connectivity index (χ2n) is 13.1. The van der Waals surface area contributed by atoms with Gasteiger partial charge < -0.3 is 14.4 Å². The Morgan fingerprint density at radius 2 is 1.59 bits per heavy atom. The number of rotatable bonds is 5. The van der Waals surface area contributed by atoms with Gasteiger partial charge in [0.1, 0.15) is 0 Å². The second-order valence-corrected chi connectivity index (χ2v) is 13.1. The van der Waals surface area contributed by atoms with Gasteiger partial charge in [-0.15, -0.1) is 54.1 Å². The van der Waals surface area contributed by atoms with Crippen molar-refractivity contribution in [2.75, 3.05) is 0 Å². The molecule has 49 heavy (non-hydrogen) atoms. The number of hydrogen-bond acceptors (Lipinski definition) is 4. The Labute approximate surface area is 319 Å². The third kappa shape index (κ3) is 8.07. The van der Waals surface area contributed by atoms with Crippen molar-refractivity contribution in [3.05, 3.63) is 149 Å². The van der Waals surface area contributed by atoms with Crippen LogP contribution < -0.4 is 0 Å². The van der Waals surface area contributed by atoms with Gasteiger partial charge in [-0.1, -0.05) is 88.0 Å². The molecule has 4 heterocycles. The zero-order valence-electron chi connectivity index (χ0n) is 38.9. The summed E-state index contributed by atoms with van der Waals surface area (Å²) in [6, 6.07) is 32.4. The molecule has 1 radical (unpaired) electrons. The fraction of sp³-hybridized carbons (Fsp3) is 0.250. The quantitative estimate of drug-likeness (QED) is 0.162. The average molecular weight is 833 g/mol. The van der Waals surface area contributed by atoms with Gasteiger partial charge in [0, 0.05) is 58.7 Å². The second kappa shape index (κ2) is 14.6. The minimum Gasteiger partial charge on any atom is -0.486 e. The van der Waals surface area contributed by atoms with Crippen molar-refractivity contribution < 1.29 is 39.6 Å². The van der Waals surface area contributed by atoms with Crippen LogP contribution in [0.5, 0.6) is 0 Å². The van der Waals surface area contributed by atoms with E-state index in [4.69, 9.17) is 16.8 Å². The van der Waals surface area contributed by atoms with Crippen LogP contribution in [0.2, 0.25) is 0 Å². The fourth-order valence-corrected chi connectivity index (χ4v) is 5.51. The van der Waals surface area contributed by atoms with Crippen LogP contribution in [0.1, 0.15) is 83.2 Å². The summed E-state index contributed by atoms with van der Waals surface area (Å²) in [7, 11) is 0. The zero-order valence-corrected chi connectivity index (χ0v) is 30.3. The molecule has 0 unspecified atom stereocenters. The Balaban J connectivity index is 0.000000336. The maximum Gasteiger partial charge on any atom is 0.216 e. The van der Waals surface area contributed by atoms with Gasteiger partial charge in [-0.3, -0.25) is 0 Å². The molecule has 4 aromatic heterocycles. The van der Waals surface area contributed by atoms with Gasteiger partial charge in [0.15, 0.2) is 0 Å². The molecule has 7 rings (SSSR count). The van der Waals surface area contributed by atoms with Gasteiger partial charge in [0.25, 0.3) is 0 Å². The summed E-state index contributed by atoms with van der Waals surface area (Å²) in [6.07, 6.45) is 0.703. The minimum absolute atomic E-state index is 0. The molecule has 0 atom stereocenters. The SMILES string of the molecule is [2H]C([2H])([2H])c1ccc(-c2[c-]cccc2)nc1.[2H]C([2H])([2H])c1ccc2c(n1)oc1c(-c3cc(C(C)(C)C([2H])([2H])c4ccc(C(C)(C)C)cc4)c(C([2H])([2H])[2H])cn3)[c-]ccc12.[Ir]. The van der Waals surface area contributed by atoms with Gasteiger partial charge in [0.2, 0.25) is 5.71 Å². The summed E-state index contributed by atoms with van der Waals surface area (Å²) in [4.78, 5) is 12.8. The zero-order chi connectivity index (χ0) is 43.3. The number of hydrogen-bond donors (Lipinski definition) is 0. The van der Waals surface area contributed by atoms with Gasteiger partial charge in [-0.05, 0) is 89.1 Å². The van der Waals surface area contributed by atoms with E-state index in [-0.39, 0.29) is 53.6 Å². The number of pyridine rings is 3. The molecular formula is C44H43IrN3O-2. The van der Waals surface area contributed by atoms with Crippen molar-refractivity contribution in [3.8, 4) is 22.5 Å². The number of benzene rings is 3. The molecule has 5 heteroatoms. The van der Waals surface area contributed by atoms with E-state index in [2.05, 4.69) is 47.9 Å². The first-order valence-corrected chi connectivity index (χ1v) is 15.6. The van der Waals surface area contributed by atoms with E-state index in [1.54, 1.807) is 68.4 Å². The summed E-state index contributed by atoms with van der Waals surface area (Å²) >= 11 is 0. The Hall–Kier alpha value is -4.44. The number of fused-ring (bicyclic) bond motifs is 3. The molecule has 0 spiro atoms. The maximum atomic E-state index is 9.27. The molecular weight excluding hydrogens is 779 g/mol. The largest absolute Gasteiger partial charge is 0.486 e. The van der Waals surface area contributed by atoms with Gasteiger partial charge in [0.05, 0.1) is 5.58 Å². The van der Waals surface area contributed by atoms with Crippen LogP contribution in [0.3, 0.4) is 0 Å². The van der Waals surface area contributed by atoms with Crippen molar-refractivity contribution in [1.29, 1.82) is 0 Å². The topological polar surface area (TPSA) is 51.8 Å². The molecule has 3 aromatic carbocycles. The molecule has 0 saturated carbocycles. The number of furan rings is 1. The van der Waals surface area contributed by atoms with E-state index in [0.29, 0.717) is 33.2 Å². The summed E-state index contributed by atoms with van der Waals surface area (Å²) in [5.41, 5.74) is 3.37. The van der Waals surface area contributed by atoms with Crippen molar-refractivity contribution in [3.63, 3.8) is 0 Å². The summed E-state index contributed by atoms with van der Waals surface area (Å²) < 4.78 is 94.1. The number of nitrogens with zero attached hydrogens (tertiary/aromatic N) is 3. The fourth-order valence-electron chi connectivity index (χ4n) is 5.51. The molecule has 251 valence electrons. The predicted octanol–water partition coefficient (Wildman–Crippen LogP) is 11.1. The van der Waals surface area contributed by atoms with E-state index >= 15 is 0 Å². The number of aryl methyl sites for hydroxylation is 3. The van der Waals surface area contributed by atoms with Crippen LogP contribution in [-0.2, 0) is 37.3 Å². The Morgan fingerprint density at radius 1 is 0.776 bits per heavy atom. The monoisotopic (exact) mass is 833 g/mol. The third-order valence-electron chi connectivity index (χ3n) is 8.09. The minimum atomic E-state index is -2.55. The standard InChI is InChI=1S/C32H33N2O.C12H10N.Ir/c1-20-19-33-28(26-10-8-9-24-25-16-11-21(2)34-30(25)35-29(24)26)17-27(20)32(6,7)18-22-12-14-23(15-13-22)31(3,4)5;1-10-7-8-12(13-9-10)11-5-3-2-4-6-11;/h8-9,11-17,19H,18H2,1-7H3;2-5,7-9H,1H3;/q2*-1;/i1D3,2D3,18D2;1D3;. The molecule has 0 fully saturated rings. The van der Waals surface area contributed by atoms with Gasteiger partial charge in [-0.25, -0.2) is 4.98 Å². The van der Waals surface area contributed by atoms with Gasteiger partial charge in [-0.2, -0.15) is 0 Å². The van der Waals surface area contributed by atoms with E-state index in [0.717, 1.165) is 16.8 Å².